The Morgan fingerprint density at radius 1 is 1.38 bits per heavy atom. The smallest absolute Gasteiger partial charge is 0.0522 e. The van der Waals surface area contributed by atoms with Gasteiger partial charge >= 0.3 is 0 Å². The summed E-state index contributed by atoms with van der Waals surface area (Å²) in [4.78, 5) is 0. The normalized spacial score (nSPS) is 13.3. The highest BCUT2D eigenvalue weighted by atomic mass is 15.3. The highest BCUT2D eigenvalue weighted by Gasteiger charge is 2.09. The van der Waals surface area contributed by atoms with Gasteiger partial charge in [0.2, 0.25) is 0 Å². The van der Waals surface area contributed by atoms with Gasteiger partial charge < -0.3 is 5.32 Å². The molecule has 0 bridgehead atoms. The van der Waals surface area contributed by atoms with E-state index in [4.69, 9.17) is 0 Å². The fourth-order valence-electron chi connectivity index (χ4n) is 1.85. The molecule has 0 aromatic carbocycles. The van der Waals surface area contributed by atoms with Crippen LogP contribution in [0.1, 0.15) is 39.2 Å². The molecule has 3 nitrogen and oxygen atoms in total. The molecule has 0 saturated heterocycles. The van der Waals surface area contributed by atoms with Crippen LogP contribution in [0.5, 0.6) is 0 Å². The van der Waals surface area contributed by atoms with Gasteiger partial charge in [0.1, 0.15) is 0 Å². The van der Waals surface area contributed by atoms with Crippen molar-refractivity contribution < 1.29 is 0 Å². The van der Waals surface area contributed by atoms with E-state index >= 15 is 0 Å². The van der Waals surface area contributed by atoms with Crippen LogP contribution in [0.4, 0.5) is 0 Å². The van der Waals surface area contributed by atoms with E-state index in [1.807, 2.05) is 10.9 Å². The molecule has 0 aliphatic carbocycles. The Balaban J connectivity index is 2.42. The van der Waals surface area contributed by atoms with Crippen LogP contribution >= 0.6 is 0 Å². The molecule has 0 radical (unpaired) electrons. The first kappa shape index (κ1) is 13.2. The summed E-state index contributed by atoms with van der Waals surface area (Å²) in [6.07, 6.45) is 7.76. The Morgan fingerprint density at radius 2 is 2.12 bits per heavy atom. The average Bonchev–Trinajstić information content (AvgIpc) is 2.71. The lowest BCUT2D eigenvalue weighted by molar-refractivity contribution is 0.450. The first-order chi connectivity index (χ1) is 7.65. The fourth-order valence-corrected chi connectivity index (χ4v) is 1.85. The zero-order valence-electron chi connectivity index (χ0n) is 11.0. The van der Waals surface area contributed by atoms with Crippen molar-refractivity contribution in [1.29, 1.82) is 0 Å². The SMILES string of the molecule is CCn1cc(CC(CCC(C)C)NC)cn1. The van der Waals surface area contributed by atoms with Crippen molar-refractivity contribution in [1.82, 2.24) is 15.1 Å². The monoisotopic (exact) mass is 223 g/mol. The predicted octanol–water partition coefficient (Wildman–Crippen LogP) is 2.47. The predicted molar refractivity (Wildman–Crippen MR) is 68.5 cm³/mol. The third kappa shape index (κ3) is 4.35. The number of likely N-dealkylation sites (N-methyl/N-ethyl adjacent to an activating group) is 1. The number of aryl methyl sites for hydroxylation is 1. The minimum Gasteiger partial charge on any atom is -0.317 e. The number of hydrogen-bond donors (Lipinski definition) is 1. The van der Waals surface area contributed by atoms with Gasteiger partial charge in [-0.2, -0.15) is 5.10 Å². The number of hydrogen-bond acceptors (Lipinski definition) is 2. The molecule has 1 rings (SSSR count). The molecule has 16 heavy (non-hydrogen) atoms. The molecule has 1 N–H and O–H groups in total. The van der Waals surface area contributed by atoms with Crippen molar-refractivity contribution in [3.63, 3.8) is 0 Å². The molecule has 0 fully saturated rings. The summed E-state index contributed by atoms with van der Waals surface area (Å²) in [5.41, 5.74) is 1.34. The summed E-state index contributed by atoms with van der Waals surface area (Å²) in [5.74, 6) is 0.786. The minimum absolute atomic E-state index is 0.580. The van der Waals surface area contributed by atoms with Crippen LogP contribution in [0.2, 0.25) is 0 Å². The molecular weight excluding hydrogens is 198 g/mol. The second-order valence-corrected chi connectivity index (χ2v) is 4.87. The van der Waals surface area contributed by atoms with Gasteiger partial charge in [-0.25, -0.2) is 0 Å². The zero-order valence-corrected chi connectivity index (χ0v) is 11.0. The summed E-state index contributed by atoms with van der Waals surface area (Å²) in [7, 11) is 2.05. The van der Waals surface area contributed by atoms with Crippen molar-refractivity contribution in [3.8, 4) is 0 Å². The lowest BCUT2D eigenvalue weighted by Crippen LogP contribution is -2.27. The van der Waals surface area contributed by atoms with Gasteiger partial charge in [-0.15, -0.1) is 0 Å². The Kier molecular flexibility index (Phi) is 5.53. The highest BCUT2D eigenvalue weighted by Crippen LogP contribution is 2.11. The third-order valence-corrected chi connectivity index (χ3v) is 2.99. The van der Waals surface area contributed by atoms with Crippen molar-refractivity contribution >= 4 is 0 Å². The van der Waals surface area contributed by atoms with Gasteiger partial charge in [-0.05, 0) is 44.7 Å². The maximum atomic E-state index is 4.31. The standard InChI is InChI=1S/C13H25N3/c1-5-16-10-12(9-15-16)8-13(14-4)7-6-11(2)3/h9-11,13-14H,5-8H2,1-4H3. The average molecular weight is 223 g/mol. The Bertz CT molecular complexity index is 291. The van der Waals surface area contributed by atoms with Crippen LogP contribution in [0.15, 0.2) is 12.4 Å². The number of rotatable bonds is 7. The van der Waals surface area contributed by atoms with Crippen LogP contribution in [0.3, 0.4) is 0 Å². The Labute approximate surface area is 99.2 Å². The molecule has 92 valence electrons. The van der Waals surface area contributed by atoms with Crippen LogP contribution < -0.4 is 5.32 Å². The second-order valence-electron chi connectivity index (χ2n) is 4.87. The molecule has 0 aliphatic rings. The molecule has 1 atom stereocenters. The largest absolute Gasteiger partial charge is 0.317 e. The number of nitrogens with zero attached hydrogens (tertiary/aromatic N) is 2. The topological polar surface area (TPSA) is 29.9 Å². The molecule has 0 aliphatic heterocycles. The van der Waals surface area contributed by atoms with E-state index in [9.17, 15) is 0 Å². The van der Waals surface area contributed by atoms with E-state index in [-0.39, 0.29) is 0 Å². The van der Waals surface area contributed by atoms with Gasteiger partial charge in [0.25, 0.3) is 0 Å². The van der Waals surface area contributed by atoms with Crippen molar-refractivity contribution in [2.45, 2.75) is 52.6 Å². The van der Waals surface area contributed by atoms with E-state index in [0.717, 1.165) is 18.9 Å². The molecule has 0 spiro atoms. The first-order valence-corrected chi connectivity index (χ1v) is 6.34. The van der Waals surface area contributed by atoms with Gasteiger partial charge in [0.15, 0.2) is 0 Å². The second kappa shape index (κ2) is 6.69. The molecule has 1 aromatic rings. The number of aromatic nitrogens is 2. The van der Waals surface area contributed by atoms with Crippen LogP contribution in [-0.2, 0) is 13.0 Å². The first-order valence-electron chi connectivity index (χ1n) is 6.34. The Hall–Kier alpha value is -0.830. The van der Waals surface area contributed by atoms with E-state index < -0.39 is 0 Å². The van der Waals surface area contributed by atoms with Crippen LogP contribution in [0, 0.1) is 5.92 Å². The van der Waals surface area contributed by atoms with Crippen molar-refractivity contribution in [2.75, 3.05) is 7.05 Å². The maximum Gasteiger partial charge on any atom is 0.0522 e. The lowest BCUT2D eigenvalue weighted by atomic mass is 9.99. The van der Waals surface area contributed by atoms with E-state index in [1.165, 1.54) is 18.4 Å². The minimum atomic E-state index is 0.580. The maximum absolute atomic E-state index is 4.31. The number of nitrogens with one attached hydrogen (secondary N) is 1. The Morgan fingerprint density at radius 3 is 2.62 bits per heavy atom. The van der Waals surface area contributed by atoms with Crippen molar-refractivity contribution in [2.24, 2.45) is 5.92 Å². The van der Waals surface area contributed by atoms with E-state index in [1.54, 1.807) is 0 Å². The molecule has 1 heterocycles. The lowest BCUT2D eigenvalue weighted by Gasteiger charge is -2.16. The van der Waals surface area contributed by atoms with Gasteiger partial charge in [0, 0.05) is 18.8 Å². The molecular formula is C13H25N3. The van der Waals surface area contributed by atoms with Crippen LogP contribution in [0.25, 0.3) is 0 Å². The van der Waals surface area contributed by atoms with E-state index in [0.29, 0.717) is 6.04 Å². The quantitative estimate of drug-likeness (QED) is 0.769. The van der Waals surface area contributed by atoms with Crippen molar-refractivity contribution in [3.05, 3.63) is 18.0 Å². The third-order valence-electron chi connectivity index (χ3n) is 2.99. The molecule has 1 unspecified atom stereocenters. The fraction of sp³-hybridized carbons (Fsp3) is 0.769. The summed E-state index contributed by atoms with van der Waals surface area (Å²) >= 11 is 0. The van der Waals surface area contributed by atoms with Gasteiger partial charge in [0.05, 0.1) is 6.20 Å². The molecule has 0 saturated carbocycles. The summed E-state index contributed by atoms with van der Waals surface area (Å²) in [6, 6.07) is 0.580. The molecule has 3 heteroatoms. The summed E-state index contributed by atoms with van der Waals surface area (Å²) in [5, 5.41) is 7.70. The zero-order chi connectivity index (χ0) is 12.0. The highest BCUT2D eigenvalue weighted by molar-refractivity contribution is 5.06. The van der Waals surface area contributed by atoms with E-state index in [2.05, 4.69) is 44.4 Å². The molecule has 0 amide bonds. The van der Waals surface area contributed by atoms with Gasteiger partial charge in [-0.1, -0.05) is 13.8 Å². The van der Waals surface area contributed by atoms with Crippen LogP contribution in [-0.4, -0.2) is 22.9 Å². The van der Waals surface area contributed by atoms with Gasteiger partial charge in [-0.3, -0.25) is 4.68 Å². The summed E-state index contributed by atoms with van der Waals surface area (Å²) in [6.45, 7) is 7.63. The molecule has 1 aromatic heterocycles. The summed E-state index contributed by atoms with van der Waals surface area (Å²) < 4.78 is 1.99.